The Kier molecular flexibility index (Phi) is 2.42. The van der Waals surface area contributed by atoms with Gasteiger partial charge in [-0.2, -0.15) is 0 Å². The summed E-state index contributed by atoms with van der Waals surface area (Å²) < 4.78 is 11.5. The molecule has 1 aromatic rings. The van der Waals surface area contributed by atoms with Gasteiger partial charge in [-0.3, -0.25) is 0 Å². The molecule has 1 heterocycles. The van der Waals surface area contributed by atoms with Crippen molar-refractivity contribution >= 4 is 15.9 Å². The Balaban J connectivity index is 2.40. The maximum absolute atomic E-state index is 5.48. The van der Waals surface area contributed by atoms with E-state index in [2.05, 4.69) is 15.9 Å². The first-order valence-corrected chi connectivity index (χ1v) is 4.89. The number of hydrogen-bond donors (Lipinski definition) is 1. The van der Waals surface area contributed by atoms with E-state index < -0.39 is 0 Å². The van der Waals surface area contributed by atoms with Crippen LogP contribution in [0.5, 0.6) is 11.5 Å². The van der Waals surface area contributed by atoms with Crippen molar-refractivity contribution in [3.05, 3.63) is 22.2 Å². The van der Waals surface area contributed by atoms with E-state index in [1.807, 2.05) is 12.1 Å². The highest BCUT2D eigenvalue weighted by molar-refractivity contribution is 9.10. The number of ether oxygens (including phenoxy) is 2. The summed E-state index contributed by atoms with van der Waals surface area (Å²) in [4.78, 5) is 0. The topological polar surface area (TPSA) is 44.5 Å². The molecular weight excluding hydrogens is 234 g/mol. The fourth-order valence-corrected chi connectivity index (χ4v) is 1.97. The molecule has 0 saturated carbocycles. The molecule has 70 valence electrons. The predicted molar refractivity (Wildman–Crippen MR) is 53.0 cm³/mol. The maximum atomic E-state index is 5.48. The predicted octanol–water partition coefficient (Wildman–Crippen LogP) is 1.68. The Morgan fingerprint density at radius 3 is 3.00 bits per heavy atom. The van der Waals surface area contributed by atoms with Gasteiger partial charge in [-0.25, -0.2) is 0 Å². The summed E-state index contributed by atoms with van der Waals surface area (Å²) >= 11 is 3.47. The van der Waals surface area contributed by atoms with Gasteiger partial charge < -0.3 is 15.2 Å². The van der Waals surface area contributed by atoms with Crippen LogP contribution in [0.3, 0.4) is 0 Å². The zero-order chi connectivity index (χ0) is 9.26. The molecule has 0 unspecified atom stereocenters. The van der Waals surface area contributed by atoms with Crippen LogP contribution in [0.4, 0.5) is 0 Å². The SMILES string of the molecule is NCCc1ccc2c(c1Br)OCO2. The van der Waals surface area contributed by atoms with Crippen LogP contribution in [0, 0.1) is 0 Å². The lowest BCUT2D eigenvalue weighted by atomic mass is 10.1. The van der Waals surface area contributed by atoms with Crippen molar-refractivity contribution in [1.82, 2.24) is 0 Å². The van der Waals surface area contributed by atoms with Crippen LogP contribution in [0.1, 0.15) is 5.56 Å². The van der Waals surface area contributed by atoms with E-state index in [0.29, 0.717) is 13.3 Å². The van der Waals surface area contributed by atoms with Gasteiger partial charge in [0.15, 0.2) is 11.5 Å². The van der Waals surface area contributed by atoms with E-state index in [1.165, 1.54) is 0 Å². The number of halogens is 1. The Morgan fingerprint density at radius 2 is 2.23 bits per heavy atom. The molecule has 0 aliphatic carbocycles. The number of benzene rings is 1. The smallest absolute Gasteiger partial charge is 0.231 e. The molecule has 3 nitrogen and oxygen atoms in total. The highest BCUT2D eigenvalue weighted by atomic mass is 79.9. The van der Waals surface area contributed by atoms with E-state index in [0.717, 1.165) is 28.0 Å². The molecule has 0 fully saturated rings. The minimum atomic E-state index is 0.306. The van der Waals surface area contributed by atoms with Gasteiger partial charge in [0, 0.05) is 0 Å². The lowest BCUT2D eigenvalue weighted by molar-refractivity contribution is 0.173. The quantitative estimate of drug-likeness (QED) is 0.860. The van der Waals surface area contributed by atoms with Crippen molar-refractivity contribution < 1.29 is 9.47 Å². The van der Waals surface area contributed by atoms with Crippen molar-refractivity contribution in [2.75, 3.05) is 13.3 Å². The molecule has 1 aliphatic rings. The number of fused-ring (bicyclic) bond motifs is 1. The van der Waals surface area contributed by atoms with Gasteiger partial charge in [-0.05, 0) is 40.5 Å². The molecule has 0 atom stereocenters. The van der Waals surface area contributed by atoms with Crippen LogP contribution < -0.4 is 15.2 Å². The second kappa shape index (κ2) is 3.55. The van der Waals surface area contributed by atoms with E-state index in [1.54, 1.807) is 0 Å². The fraction of sp³-hybridized carbons (Fsp3) is 0.333. The third-order valence-electron chi connectivity index (χ3n) is 1.97. The molecule has 2 N–H and O–H groups in total. The Labute approximate surface area is 85.0 Å². The first-order chi connectivity index (χ1) is 6.33. The summed E-state index contributed by atoms with van der Waals surface area (Å²) in [6, 6.07) is 3.92. The fourth-order valence-electron chi connectivity index (χ4n) is 1.33. The van der Waals surface area contributed by atoms with Crippen molar-refractivity contribution in [2.24, 2.45) is 5.73 Å². The molecular formula is C9H10BrNO2. The zero-order valence-corrected chi connectivity index (χ0v) is 8.63. The third kappa shape index (κ3) is 1.51. The molecule has 13 heavy (non-hydrogen) atoms. The lowest BCUT2D eigenvalue weighted by Crippen LogP contribution is -2.03. The molecule has 1 aliphatic heterocycles. The van der Waals surface area contributed by atoms with Crippen LogP contribution in [-0.2, 0) is 6.42 Å². The Bertz CT molecular complexity index is 328. The van der Waals surface area contributed by atoms with E-state index in [-0.39, 0.29) is 0 Å². The first-order valence-electron chi connectivity index (χ1n) is 4.10. The minimum Gasteiger partial charge on any atom is -0.454 e. The summed E-state index contributed by atoms with van der Waals surface area (Å²) in [5, 5.41) is 0. The van der Waals surface area contributed by atoms with Crippen LogP contribution in [0.25, 0.3) is 0 Å². The lowest BCUT2D eigenvalue weighted by Gasteiger charge is -2.05. The van der Waals surface area contributed by atoms with Crippen molar-refractivity contribution in [2.45, 2.75) is 6.42 Å². The van der Waals surface area contributed by atoms with Gasteiger partial charge in [0.1, 0.15) is 0 Å². The summed E-state index contributed by atoms with van der Waals surface area (Å²) in [5.41, 5.74) is 6.64. The van der Waals surface area contributed by atoms with Gasteiger partial charge in [0.2, 0.25) is 6.79 Å². The first kappa shape index (κ1) is 8.84. The standard InChI is InChI=1S/C9H10BrNO2/c10-8-6(3-4-11)1-2-7-9(8)13-5-12-7/h1-2H,3-5,11H2. The molecule has 2 rings (SSSR count). The van der Waals surface area contributed by atoms with Gasteiger partial charge in [0.05, 0.1) is 4.47 Å². The zero-order valence-electron chi connectivity index (χ0n) is 7.05. The molecule has 0 saturated heterocycles. The highest BCUT2D eigenvalue weighted by Gasteiger charge is 2.18. The van der Waals surface area contributed by atoms with Crippen LogP contribution in [-0.4, -0.2) is 13.3 Å². The molecule has 1 aromatic carbocycles. The Hall–Kier alpha value is -0.740. The number of rotatable bonds is 2. The molecule has 4 heteroatoms. The van der Waals surface area contributed by atoms with E-state index >= 15 is 0 Å². The summed E-state index contributed by atoms with van der Waals surface area (Å²) in [6.45, 7) is 0.943. The summed E-state index contributed by atoms with van der Waals surface area (Å²) in [6.07, 6.45) is 0.844. The third-order valence-corrected chi connectivity index (χ3v) is 2.84. The second-order valence-electron chi connectivity index (χ2n) is 2.81. The average molecular weight is 244 g/mol. The maximum Gasteiger partial charge on any atom is 0.231 e. The van der Waals surface area contributed by atoms with Crippen molar-refractivity contribution in [3.8, 4) is 11.5 Å². The van der Waals surface area contributed by atoms with Gasteiger partial charge in [-0.1, -0.05) is 6.07 Å². The molecule has 0 bridgehead atoms. The van der Waals surface area contributed by atoms with Crippen LogP contribution in [0.15, 0.2) is 16.6 Å². The van der Waals surface area contributed by atoms with Crippen molar-refractivity contribution in [3.63, 3.8) is 0 Å². The highest BCUT2D eigenvalue weighted by Crippen LogP contribution is 2.40. The minimum absolute atomic E-state index is 0.306. The normalized spacial score (nSPS) is 13.4. The van der Waals surface area contributed by atoms with Crippen LogP contribution >= 0.6 is 15.9 Å². The molecule has 0 radical (unpaired) electrons. The van der Waals surface area contributed by atoms with E-state index in [9.17, 15) is 0 Å². The van der Waals surface area contributed by atoms with Gasteiger partial charge in [0.25, 0.3) is 0 Å². The average Bonchev–Trinajstić information content (AvgIpc) is 2.58. The molecule has 0 amide bonds. The summed E-state index contributed by atoms with van der Waals surface area (Å²) in [5.74, 6) is 1.60. The summed E-state index contributed by atoms with van der Waals surface area (Å²) in [7, 11) is 0. The van der Waals surface area contributed by atoms with Crippen molar-refractivity contribution in [1.29, 1.82) is 0 Å². The largest absolute Gasteiger partial charge is 0.454 e. The molecule has 0 aromatic heterocycles. The monoisotopic (exact) mass is 243 g/mol. The second-order valence-corrected chi connectivity index (χ2v) is 3.60. The van der Waals surface area contributed by atoms with Gasteiger partial charge >= 0.3 is 0 Å². The molecule has 0 spiro atoms. The van der Waals surface area contributed by atoms with E-state index in [4.69, 9.17) is 15.2 Å². The number of nitrogens with two attached hydrogens (primary N) is 1. The Morgan fingerprint density at radius 1 is 1.38 bits per heavy atom. The van der Waals surface area contributed by atoms with Gasteiger partial charge in [-0.15, -0.1) is 0 Å². The number of hydrogen-bond acceptors (Lipinski definition) is 3. The van der Waals surface area contributed by atoms with Crippen LogP contribution in [0.2, 0.25) is 0 Å².